The van der Waals surface area contributed by atoms with Crippen LogP contribution in [0.5, 0.6) is 0 Å². The molecule has 0 unspecified atom stereocenters. The Hall–Kier alpha value is -1.65. The standard InChI is InChI=1S/C19H26N2O2/c1-14-13-23-10-9-21(14)12-15(22)11-18-19(2,3)16-7-5-6-8-17(16)20(18)4/h5-8,11,14H,9-10,12-13H2,1-4H3/b18-11+/t14-/m0/s1. The van der Waals surface area contributed by atoms with E-state index in [1.54, 1.807) is 0 Å². The van der Waals surface area contributed by atoms with Gasteiger partial charge in [-0.3, -0.25) is 9.69 Å². The van der Waals surface area contributed by atoms with Crippen molar-refractivity contribution in [2.75, 3.05) is 38.3 Å². The van der Waals surface area contributed by atoms with E-state index in [0.29, 0.717) is 25.8 Å². The zero-order chi connectivity index (χ0) is 16.6. The number of nitrogens with zero attached hydrogens (tertiary/aromatic N) is 2. The number of hydrogen-bond donors (Lipinski definition) is 0. The van der Waals surface area contributed by atoms with E-state index >= 15 is 0 Å². The number of allylic oxidation sites excluding steroid dienone is 1. The molecule has 1 saturated heterocycles. The smallest absolute Gasteiger partial charge is 0.171 e. The van der Waals surface area contributed by atoms with Gasteiger partial charge in [-0.05, 0) is 18.6 Å². The fourth-order valence-electron chi connectivity index (χ4n) is 3.65. The molecule has 2 aliphatic heterocycles. The Bertz CT molecular complexity index is 636. The highest BCUT2D eigenvalue weighted by Crippen LogP contribution is 2.46. The lowest BCUT2D eigenvalue weighted by Crippen LogP contribution is -2.45. The van der Waals surface area contributed by atoms with Crippen molar-refractivity contribution in [3.8, 4) is 0 Å². The zero-order valence-electron chi connectivity index (χ0n) is 14.5. The van der Waals surface area contributed by atoms with Crippen molar-refractivity contribution >= 4 is 11.5 Å². The van der Waals surface area contributed by atoms with Gasteiger partial charge >= 0.3 is 0 Å². The van der Waals surface area contributed by atoms with E-state index in [1.807, 2.05) is 19.2 Å². The SMILES string of the molecule is C[C@H]1COCCN1CC(=O)/C=C1/N(C)c2ccccc2C1(C)C. The Morgan fingerprint density at radius 1 is 1.39 bits per heavy atom. The third kappa shape index (κ3) is 2.93. The molecule has 2 aliphatic rings. The predicted molar refractivity (Wildman–Crippen MR) is 92.8 cm³/mol. The lowest BCUT2D eigenvalue weighted by atomic mass is 9.83. The summed E-state index contributed by atoms with van der Waals surface area (Å²) in [5.41, 5.74) is 3.40. The molecule has 4 nitrogen and oxygen atoms in total. The molecule has 0 spiro atoms. The van der Waals surface area contributed by atoms with Crippen molar-refractivity contribution in [1.82, 2.24) is 4.90 Å². The molecule has 124 valence electrons. The van der Waals surface area contributed by atoms with Crippen molar-refractivity contribution in [3.05, 3.63) is 41.6 Å². The lowest BCUT2D eigenvalue weighted by Gasteiger charge is -2.32. The number of benzene rings is 1. The van der Waals surface area contributed by atoms with Crippen molar-refractivity contribution in [2.45, 2.75) is 32.2 Å². The lowest BCUT2D eigenvalue weighted by molar-refractivity contribution is -0.117. The molecule has 1 aromatic rings. The largest absolute Gasteiger partial charge is 0.379 e. The normalized spacial score (nSPS) is 25.7. The molecule has 1 fully saturated rings. The van der Waals surface area contributed by atoms with E-state index in [2.05, 4.69) is 48.8 Å². The Morgan fingerprint density at radius 3 is 2.83 bits per heavy atom. The Morgan fingerprint density at radius 2 is 2.13 bits per heavy atom. The number of ketones is 1. The van der Waals surface area contributed by atoms with Gasteiger partial charge in [-0.15, -0.1) is 0 Å². The summed E-state index contributed by atoms with van der Waals surface area (Å²) in [5.74, 6) is 0.168. The van der Waals surface area contributed by atoms with Gasteiger partial charge in [0.1, 0.15) is 0 Å². The summed E-state index contributed by atoms with van der Waals surface area (Å²) < 4.78 is 5.44. The summed E-state index contributed by atoms with van der Waals surface area (Å²) in [6, 6.07) is 8.69. The number of carbonyl (C=O) groups excluding carboxylic acids is 1. The topological polar surface area (TPSA) is 32.8 Å². The molecular formula is C19H26N2O2. The molecule has 23 heavy (non-hydrogen) atoms. The minimum atomic E-state index is -0.141. The summed E-state index contributed by atoms with van der Waals surface area (Å²) in [4.78, 5) is 17.0. The summed E-state index contributed by atoms with van der Waals surface area (Å²) in [6.45, 7) is 9.20. The Balaban J connectivity index is 1.81. The highest BCUT2D eigenvalue weighted by atomic mass is 16.5. The second-order valence-electron chi connectivity index (χ2n) is 7.09. The third-order valence-corrected chi connectivity index (χ3v) is 5.10. The number of hydrogen-bond acceptors (Lipinski definition) is 4. The van der Waals surface area contributed by atoms with Gasteiger partial charge < -0.3 is 9.64 Å². The fourth-order valence-corrected chi connectivity index (χ4v) is 3.65. The number of anilines is 1. The molecule has 0 amide bonds. The number of ether oxygens (including phenoxy) is 1. The second kappa shape index (κ2) is 6.10. The van der Waals surface area contributed by atoms with Crippen LogP contribution in [0.3, 0.4) is 0 Å². The van der Waals surface area contributed by atoms with Gasteiger partial charge in [-0.25, -0.2) is 0 Å². The van der Waals surface area contributed by atoms with Gasteiger partial charge in [-0.1, -0.05) is 32.0 Å². The maximum Gasteiger partial charge on any atom is 0.171 e. The number of carbonyl (C=O) groups is 1. The van der Waals surface area contributed by atoms with E-state index in [4.69, 9.17) is 4.74 Å². The van der Waals surface area contributed by atoms with Crippen LogP contribution >= 0.6 is 0 Å². The van der Waals surface area contributed by atoms with Crippen molar-refractivity contribution in [3.63, 3.8) is 0 Å². The molecule has 1 aromatic carbocycles. The van der Waals surface area contributed by atoms with Crippen molar-refractivity contribution < 1.29 is 9.53 Å². The first kappa shape index (κ1) is 16.2. The summed E-state index contributed by atoms with van der Waals surface area (Å²) in [7, 11) is 2.05. The van der Waals surface area contributed by atoms with Gasteiger partial charge in [0.2, 0.25) is 0 Å². The number of likely N-dealkylation sites (N-methyl/N-ethyl adjacent to an activating group) is 1. The number of rotatable bonds is 3. The second-order valence-corrected chi connectivity index (χ2v) is 7.09. The fraction of sp³-hybridized carbons (Fsp3) is 0.526. The van der Waals surface area contributed by atoms with E-state index in [1.165, 1.54) is 11.3 Å². The first-order chi connectivity index (χ1) is 10.9. The van der Waals surface area contributed by atoms with E-state index < -0.39 is 0 Å². The van der Waals surface area contributed by atoms with Crippen molar-refractivity contribution in [1.29, 1.82) is 0 Å². The summed E-state index contributed by atoms with van der Waals surface area (Å²) in [5, 5.41) is 0. The van der Waals surface area contributed by atoms with Gasteiger partial charge in [0.15, 0.2) is 5.78 Å². The minimum absolute atomic E-state index is 0.141. The van der Waals surface area contributed by atoms with Crippen LogP contribution in [0.25, 0.3) is 0 Å². The quantitative estimate of drug-likeness (QED) is 0.803. The maximum absolute atomic E-state index is 12.6. The molecule has 0 bridgehead atoms. The molecule has 0 radical (unpaired) electrons. The Labute approximate surface area is 138 Å². The summed E-state index contributed by atoms with van der Waals surface area (Å²) in [6.07, 6.45) is 1.84. The van der Waals surface area contributed by atoms with Crippen LogP contribution in [0.15, 0.2) is 36.0 Å². The van der Waals surface area contributed by atoms with Gasteiger partial charge in [0.05, 0.1) is 19.8 Å². The van der Waals surface area contributed by atoms with Crippen LogP contribution in [0.2, 0.25) is 0 Å². The van der Waals surface area contributed by atoms with Crippen LogP contribution in [0.4, 0.5) is 5.69 Å². The first-order valence-corrected chi connectivity index (χ1v) is 8.31. The highest BCUT2D eigenvalue weighted by molar-refractivity contribution is 5.94. The highest BCUT2D eigenvalue weighted by Gasteiger charge is 2.38. The zero-order valence-corrected chi connectivity index (χ0v) is 14.5. The van der Waals surface area contributed by atoms with Crippen LogP contribution in [-0.2, 0) is 14.9 Å². The molecule has 2 heterocycles. The number of morpholine rings is 1. The summed E-state index contributed by atoms with van der Waals surface area (Å²) >= 11 is 0. The molecule has 4 heteroatoms. The monoisotopic (exact) mass is 314 g/mol. The number of para-hydroxylation sites is 1. The van der Waals surface area contributed by atoms with E-state index in [-0.39, 0.29) is 11.2 Å². The molecular weight excluding hydrogens is 288 g/mol. The molecule has 1 atom stereocenters. The molecule has 0 saturated carbocycles. The average Bonchev–Trinajstić information content (AvgIpc) is 2.71. The molecule has 0 aliphatic carbocycles. The van der Waals surface area contributed by atoms with Crippen LogP contribution in [0.1, 0.15) is 26.3 Å². The number of fused-ring (bicyclic) bond motifs is 1. The van der Waals surface area contributed by atoms with E-state index in [9.17, 15) is 4.79 Å². The average molecular weight is 314 g/mol. The minimum Gasteiger partial charge on any atom is -0.379 e. The van der Waals surface area contributed by atoms with Crippen molar-refractivity contribution in [2.24, 2.45) is 0 Å². The van der Waals surface area contributed by atoms with Gasteiger partial charge in [-0.2, -0.15) is 0 Å². The molecule has 0 aromatic heterocycles. The first-order valence-electron chi connectivity index (χ1n) is 8.31. The maximum atomic E-state index is 12.6. The molecule has 0 N–H and O–H groups in total. The van der Waals surface area contributed by atoms with Crippen LogP contribution < -0.4 is 4.90 Å². The molecule has 3 rings (SSSR count). The predicted octanol–water partition coefficient (Wildman–Crippen LogP) is 2.59. The van der Waals surface area contributed by atoms with Crippen LogP contribution in [-0.4, -0.2) is 50.1 Å². The van der Waals surface area contributed by atoms with Gasteiger partial charge in [0.25, 0.3) is 0 Å². The van der Waals surface area contributed by atoms with Crippen LogP contribution in [0, 0.1) is 0 Å². The van der Waals surface area contributed by atoms with Gasteiger partial charge in [0, 0.05) is 42.5 Å². The third-order valence-electron chi connectivity index (χ3n) is 5.10. The van der Waals surface area contributed by atoms with E-state index in [0.717, 1.165) is 12.2 Å². The Kier molecular flexibility index (Phi) is 4.30.